The number of likely N-dealkylation sites (N-methyl/N-ethyl adjacent to an activating group) is 2. The standard InChI is InChI=1S/C18H31N5S.HI/c1-15(24-17-8-6-5-7-9-17)12-20-18(19-2)21-13-16-14-22(3)10-11-23(16)4;/h5-9,15-16H,10-14H2,1-4H3,(H2,19,20,21);1H. The first-order valence-electron chi connectivity index (χ1n) is 8.63. The average molecular weight is 477 g/mol. The summed E-state index contributed by atoms with van der Waals surface area (Å²) in [6.45, 7) is 7.41. The highest BCUT2D eigenvalue weighted by Crippen LogP contribution is 2.21. The number of halogens is 1. The SMILES string of the molecule is CN=C(NCC(C)Sc1ccccc1)NCC1CN(C)CCN1C.I. The van der Waals surface area contributed by atoms with Gasteiger partial charge in [-0.2, -0.15) is 0 Å². The Balaban J connectivity index is 0.00000312. The number of nitrogens with zero attached hydrogens (tertiary/aromatic N) is 3. The van der Waals surface area contributed by atoms with Crippen LogP contribution in [0.15, 0.2) is 40.2 Å². The molecule has 1 heterocycles. The van der Waals surface area contributed by atoms with Gasteiger partial charge in [0, 0.05) is 56.0 Å². The van der Waals surface area contributed by atoms with Gasteiger partial charge < -0.3 is 15.5 Å². The number of thioether (sulfide) groups is 1. The zero-order chi connectivity index (χ0) is 17.4. The largest absolute Gasteiger partial charge is 0.355 e. The summed E-state index contributed by atoms with van der Waals surface area (Å²) >= 11 is 1.88. The van der Waals surface area contributed by atoms with Gasteiger partial charge in [0.05, 0.1) is 0 Å². The number of piperazine rings is 1. The van der Waals surface area contributed by atoms with Crippen LogP contribution < -0.4 is 10.6 Å². The van der Waals surface area contributed by atoms with Gasteiger partial charge in [0.15, 0.2) is 5.96 Å². The number of hydrogen-bond acceptors (Lipinski definition) is 4. The number of rotatable bonds is 6. The van der Waals surface area contributed by atoms with E-state index in [1.165, 1.54) is 4.90 Å². The number of nitrogens with one attached hydrogen (secondary N) is 2. The maximum absolute atomic E-state index is 4.35. The molecule has 1 aromatic carbocycles. The first-order chi connectivity index (χ1) is 11.6. The third kappa shape index (κ3) is 8.15. The molecule has 0 saturated carbocycles. The van der Waals surface area contributed by atoms with Gasteiger partial charge >= 0.3 is 0 Å². The molecule has 0 aliphatic carbocycles. The van der Waals surface area contributed by atoms with Crippen molar-refractivity contribution in [2.75, 3.05) is 53.9 Å². The Kier molecular flexibility index (Phi) is 10.8. The molecule has 0 radical (unpaired) electrons. The smallest absolute Gasteiger partial charge is 0.191 e. The molecule has 1 fully saturated rings. The molecule has 2 unspecified atom stereocenters. The summed E-state index contributed by atoms with van der Waals surface area (Å²) < 4.78 is 0. The number of guanidine groups is 1. The Bertz CT molecular complexity index is 513. The normalized spacial score (nSPS) is 20.6. The maximum atomic E-state index is 4.35. The molecular weight excluding hydrogens is 445 g/mol. The van der Waals surface area contributed by atoms with Gasteiger partial charge in [-0.15, -0.1) is 35.7 Å². The molecule has 1 aromatic rings. The van der Waals surface area contributed by atoms with Crippen molar-refractivity contribution in [3.8, 4) is 0 Å². The fourth-order valence-electron chi connectivity index (χ4n) is 2.77. The highest BCUT2D eigenvalue weighted by Gasteiger charge is 2.22. The van der Waals surface area contributed by atoms with Crippen molar-refractivity contribution in [1.29, 1.82) is 0 Å². The predicted octanol–water partition coefficient (Wildman–Crippen LogP) is 2.20. The van der Waals surface area contributed by atoms with E-state index in [0.29, 0.717) is 11.3 Å². The average Bonchev–Trinajstić information content (AvgIpc) is 2.58. The third-order valence-electron chi connectivity index (χ3n) is 4.35. The van der Waals surface area contributed by atoms with Crippen LogP contribution in [0.3, 0.4) is 0 Å². The molecule has 25 heavy (non-hydrogen) atoms. The molecule has 1 aliphatic rings. The molecular formula is C18H32IN5S. The van der Waals surface area contributed by atoms with Crippen LogP contribution in [0.5, 0.6) is 0 Å². The molecule has 0 amide bonds. The molecule has 5 nitrogen and oxygen atoms in total. The molecule has 7 heteroatoms. The van der Waals surface area contributed by atoms with E-state index >= 15 is 0 Å². The van der Waals surface area contributed by atoms with Gasteiger partial charge in [0.2, 0.25) is 0 Å². The van der Waals surface area contributed by atoms with Crippen LogP contribution in [0.2, 0.25) is 0 Å². The second-order valence-corrected chi connectivity index (χ2v) is 7.98. The number of benzene rings is 1. The van der Waals surface area contributed by atoms with Gasteiger partial charge in [-0.05, 0) is 26.2 Å². The van der Waals surface area contributed by atoms with E-state index < -0.39 is 0 Å². The zero-order valence-electron chi connectivity index (χ0n) is 15.7. The maximum Gasteiger partial charge on any atom is 0.191 e. The van der Waals surface area contributed by atoms with Crippen molar-refractivity contribution < 1.29 is 0 Å². The molecule has 142 valence electrons. The molecule has 1 saturated heterocycles. The number of aliphatic imine (C=N–C) groups is 1. The van der Waals surface area contributed by atoms with Crippen molar-refractivity contribution >= 4 is 41.7 Å². The molecule has 2 N–H and O–H groups in total. The topological polar surface area (TPSA) is 42.9 Å². The lowest BCUT2D eigenvalue weighted by Gasteiger charge is -2.38. The highest BCUT2D eigenvalue weighted by atomic mass is 127. The van der Waals surface area contributed by atoms with Gasteiger partial charge in [-0.25, -0.2) is 0 Å². The zero-order valence-corrected chi connectivity index (χ0v) is 18.9. The second-order valence-electron chi connectivity index (χ2n) is 6.47. The summed E-state index contributed by atoms with van der Waals surface area (Å²) in [6, 6.07) is 11.1. The Morgan fingerprint density at radius 1 is 1.24 bits per heavy atom. The molecule has 2 atom stereocenters. The van der Waals surface area contributed by atoms with Crippen LogP contribution in [-0.2, 0) is 0 Å². The second kappa shape index (κ2) is 12.0. The molecule has 1 aliphatic heterocycles. The number of hydrogen-bond donors (Lipinski definition) is 2. The summed E-state index contributed by atoms with van der Waals surface area (Å²) in [4.78, 5) is 10.5. The van der Waals surface area contributed by atoms with Crippen molar-refractivity contribution in [1.82, 2.24) is 20.4 Å². The van der Waals surface area contributed by atoms with Crippen LogP contribution in [0, 0.1) is 0 Å². The minimum Gasteiger partial charge on any atom is -0.355 e. The molecule has 0 bridgehead atoms. The lowest BCUT2D eigenvalue weighted by atomic mass is 10.2. The van der Waals surface area contributed by atoms with Crippen molar-refractivity contribution in [2.45, 2.75) is 23.1 Å². The van der Waals surface area contributed by atoms with E-state index in [0.717, 1.165) is 38.7 Å². The first kappa shape index (κ1) is 22.5. The fourth-order valence-corrected chi connectivity index (χ4v) is 3.72. The Hall–Kier alpha value is -0.510. The van der Waals surface area contributed by atoms with Crippen LogP contribution in [0.4, 0.5) is 0 Å². The molecule has 2 rings (SSSR count). The Morgan fingerprint density at radius 2 is 1.96 bits per heavy atom. The van der Waals surface area contributed by atoms with Gasteiger partial charge in [0.1, 0.15) is 0 Å². The van der Waals surface area contributed by atoms with Crippen molar-refractivity contribution in [3.05, 3.63) is 30.3 Å². The summed E-state index contributed by atoms with van der Waals surface area (Å²) in [5.74, 6) is 0.886. The molecule has 0 spiro atoms. The van der Waals surface area contributed by atoms with Crippen LogP contribution in [0.25, 0.3) is 0 Å². The summed E-state index contributed by atoms with van der Waals surface area (Å²) in [5, 5.41) is 7.39. The summed E-state index contributed by atoms with van der Waals surface area (Å²) in [7, 11) is 6.23. The predicted molar refractivity (Wildman–Crippen MR) is 120 cm³/mol. The van der Waals surface area contributed by atoms with Crippen LogP contribution in [-0.4, -0.2) is 80.9 Å². The molecule has 0 aromatic heterocycles. The van der Waals surface area contributed by atoms with E-state index in [4.69, 9.17) is 0 Å². The van der Waals surface area contributed by atoms with E-state index in [1.807, 2.05) is 18.8 Å². The Morgan fingerprint density at radius 3 is 2.64 bits per heavy atom. The first-order valence-corrected chi connectivity index (χ1v) is 9.51. The third-order valence-corrected chi connectivity index (χ3v) is 5.46. The van der Waals surface area contributed by atoms with Gasteiger partial charge in [0.25, 0.3) is 0 Å². The van der Waals surface area contributed by atoms with E-state index in [-0.39, 0.29) is 24.0 Å². The van der Waals surface area contributed by atoms with Crippen LogP contribution >= 0.6 is 35.7 Å². The van der Waals surface area contributed by atoms with Crippen LogP contribution in [0.1, 0.15) is 6.92 Å². The lowest BCUT2D eigenvalue weighted by molar-refractivity contribution is 0.116. The van der Waals surface area contributed by atoms with E-state index in [1.54, 1.807) is 0 Å². The van der Waals surface area contributed by atoms with Crippen molar-refractivity contribution in [2.24, 2.45) is 4.99 Å². The minimum atomic E-state index is 0. The van der Waals surface area contributed by atoms with Crippen molar-refractivity contribution in [3.63, 3.8) is 0 Å². The monoisotopic (exact) mass is 477 g/mol. The minimum absolute atomic E-state index is 0. The summed E-state index contributed by atoms with van der Waals surface area (Å²) in [5.41, 5.74) is 0. The van der Waals surface area contributed by atoms with E-state index in [2.05, 4.69) is 76.8 Å². The fraction of sp³-hybridized carbons (Fsp3) is 0.611. The van der Waals surface area contributed by atoms with Gasteiger partial charge in [-0.1, -0.05) is 25.1 Å². The lowest BCUT2D eigenvalue weighted by Crippen LogP contribution is -2.55. The highest BCUT2D eigenvalue weighted by molar-refractivity contribution is 14.0. The van der Waals surface area contributed by atoms with Gasteiger partial charge in [-0.3, -0.25) is 9.89 Å². The van der Waals surface area contributed by atoms with E-state index in [9.17, 15) is 0 Å². The summed E-state index contributed by atoms with van der Waals surface area (Å²) in [6.07, 6.45) is 0. The Labute approximate surface area is 174 Å². The quantitative estimate of drug-likeness (QED) is 0.285.